The zero-order valence-corrected chi connectivity index (χ0v) is 25.7. The number of fused-ring (bicyclic) bond motifs is 2. The third-order valence-corrected chi connectivity index (χ3v) is 7.57. The van der Waals surface area contributed by atoms with Crippen LogP contribution in [0.2, 0.25) is 15.1 Å². The molecule has 0 atom stereocenters. The lowest BCUT2D eigenvalue weighted by atomic mass is 10.2. The molecule has 0 aliphatic rings. The number of hydrogen-bond acceptors (Lipinski definition) is 6. The molecular weight excluding hydrogens is 679 g/mol. The van der Waals surface area contributed by atoms with Crippen LogP contribution in [0.3, 0.4) is 0 Å². The monoisotopic (exact) mass is 694 g/mol. The zero-order chi connectivity index (χ0) is 30.1. The highest BCUT2D eigenvalue weighted by atomic mass is 79.9. The van der Waals surface area contributed by atoms with Crippen molar-refractivity contribution in [3.8, 4) is 17.3 Å². The number of halogens is 4. The van der Waals surface area contributed by atoms with Crippen molar-refractivity contribution >= 4 is 90.4 Å². The number of anilines is 1. The van der Waals surface area contributed by atoms with Gasteiger partial charge in [-0.3, -0.25) is 9.59 Å². The maximum absolute atomic E-state index is 13.7. The Morgan fingerprint density at radius 1 is 0.977 bits per heavy atom. The number of ether oxygens (including phenoxy) is 1. The largest absolute Gasteiger partial charge is 0.482 e. The number of aromatic nitrogens is 2. The minimum absolute atomic E-state index is 0.179. The van der Waals surface area contributed by atoms with Gasteiger partial charge in [-0.15, -0.1) is 0 Å². The molecule has 0 aliphatic heterocycles. The van der Waals surface area contributed by atoms with Crippen molar-refractivity contribution in [1.29, 1.82) is 0 Å². The second-order valence-electron chi connectivity index (χ2n) is 9.26. The first-order chi connectivity index (χ1) is 20.7. The number of carbonyl (C=O) groups is 1. The average molecular weight is 697 g/mol. The fourth-order valence-corrected chi connectivity index (χ4v) is 5.59. The molecule has 0 bridgehead atoms. The molecule has 6 rings (SSSR count). The van der Waals surface area contributed by atoms with Crippen LogP contribution in [0.15, 0.2) is 104 Å². The first kappa shape index (κ1) is 28.9. The van der Waals surface area contributed by atoms with Crippen LogP contribution >= 0.6 is 50.7 Å². The van der Waals surface area contributed by atoms with E-state index in [1.807, 2.05) is 0 Å². The number of nitrogens with one attached hydrogen (secondary N) is 1. The van der Waals surface area contributed by atoms with Crippen LogP contribution in [0.25, 0.3) is 33.5 Å². The molecule has 43 heavy (non-hydrogen) atoms. The number of furan rings is 1. The summed E-state index contributed by atoms with van der Waals surface area (Å²) in [7, 11) is 0. The Balaban J connectivity index is 1.38. The highest BCUT2D eigenvalue weighted by molar-refractivity contribution is 9.10. The standard InChI is InChI=1S/C31H18BrCl3N4O4/c32-24-14-21(35)12-18(29(24)42-16-28(40)37-22-8-5-19(33)6-9-22)15-36-39-30(38-25-4-2-1-3-23(25)31(39)41)27-13-17-11-20(34)7-10-26(17)43-27/h1-15H,16H2,(H,37,40). The molecule has 2 aromatic heterocycles. The van der Waals surface area contributed by atoms with E-state index in [0.717, 1.165) is 10.1 Å². The number of amides is 1. The normalized spacial score (nSPS) is 11.4. The molecule has 0 saturated carbocycles. The molecule has 6 aromatic rings. The van der Waals surface area contributed by atoms with Crippen molar-refractivity contribution < 1.29 is 13.9 Å². The van der Waals surface area contributed by atoms with E-state index >= 15 is 0 Å². The molecule has 1 N–H and O–H groups in total. The molecule has 0 radical (unpaired) electrons. The zero-order valence-electron chi connectivity index (χ0n) is 21.9. The van der Waals surface area contributed by atoms with Crippen LogP contribution in [-0.2, 0) is 4.79 Å². The summed E-state index contributed by atoms with van der Waals surface area (Å²) in [6, 6.07) is 23.8. The first-order valence-corrected chi connectivity index (χ1v) is 14.6. The summed E-state index contributed by atoms with van der Waals surface area (Å²) in [6.07, 6.45) is 1.41. The third kappa shape index (κ3) is 6.30. The molecule has 214 valence electrons. The molecule has 0 aliphatic carbocycles. The highest BCUT2D eigenvalue weighted by Crippen LogP contribution is 2.33. The predicted molar refractivity (Wildman–Crippen MR) is 174 cm³/mol. The number of para-hydroxylation sites is 1. The Morgan fingerprint density at radius 2 is 1.74 bits per heavy atom. The van der Waals surface area contributed by atoms with Crippen LogP contribution in [0, 0.1) is 0 Å². The minimum atomic E-state index is -0.416. The molecule has 2 heterocycles. The fourth-order valence-electron chi connectivity index (χ4n) is 4.33. The molecule has 1 amide bonds. The van der Waals surface area contributed by atoms with Crippen molar-refractivity contribution in [2.24, 2.45) is 5.10 Å². The van der Waals surface area contributed by atoms with Crippen LogP contribution in [0.1, 0.15) is 5.56 Å². The van der Waals surface area contributed by atoms with E-state index in [0.29, 0.717) is 58.8 Å². The predicted octanol–water partition coefficient (Wildman–Crippen LogP) is 8.43. The second-order valence-corrected chi connectivity index (χ2v) is 11.4. The molecular formula is C31H18BrCl3N4O4. The number of nitrogens with zero attached hydrogens (tertiary/aromatic N) is 3. The summed E-state index contributed by atoms with van der Waals surface area (Å²) in [5.41, 5.74) is 1.61. The molecule has 0 fully saturated rings. The van der Waals surface area contributed by atoms with Crippen LogP contribution < -0.4 is 15.6 Å². The fraction of sp³-hybridized carbons (Fsp3) is 0.0323. The van der Waals surface area contributed by atoms with Gasteiger partial charge in [-0.05, 0) is 88.7 Å². The Kier molecular flexibility index (Phi) is 8.23. The molecule has 12 heteroatoms. The van der Waals surface area contributed by atoms with E-state index in [-0.39, 0.29) is 12.4 Å². The number of rotatable bonds is 7. The van der Waals surface area contributed by atoms with Gasteiger partial charge in [-0.2, -0.15) is 9.78 Å². The van der Waals surface area contributed by atoms with Gasteiger partial charge in [0.2, 0.25) is 5.82 Å². The van der Waals surface area contributed by atoms with Crippen molar-refractivity contribution in [1.82, 2.24) is 9.66 Å². The van der Waals surface area contributed by atoms with E-state index in [9.17, 15) is 9.59 Å². The van der Waals surface area contributed by atoms with Gasteiger partial charge in [-0.25, -0.2) is 4.98 Å². The number of carbonyl (C=O) groups excluding carboxylic acids is 1. The second kappa shape index (κ2) is 12.2. The molecule has 0 unspecified atom stereocenters. The smallest absolute Gasteiger partial charge is 0.282 e. The molecule has 0 spiro atoms. The van der Waals surface area contributed by atoms with Crippen molar-refractivity contribution in [2.75, 3.05) is 11.9 Å². The lowest BCUT2D eigenvalue weighted by Gasteiger charge is -2.12. The van der Waals surface area contributed by atoms with E-state index in [4.69, 9.17) is 48.9 Å². The number of hydrogen-bond donors (Lipinski definition) is 1. The number of benzene rings is 4. The van der Waals surface area contributed by atoms with Gasteiger partial charge in [-0.1, -0.05) is 46.9 Å². The first-order valence-electron chi connectivity index (χ1n) is 12.7. The van der Waals surface area contributed by atoms with E-state index < -0.39 is 11.5 Å². The summed E-state index contributed by atoms with van der Waals surface area (Å²) >= 11 is 21.9. The lowest BCUT2D eigenvalue weighted by Crippen LogP contribution is -2.21. The summed E-state index contributed by atoms with van der Waals surface area (Å²) < 4.78 is 13.5. The van der Waals surface area contributed by atoms with Gasteiger partial charge in [0.1, 0.15) is 11.3 Å². The minimum Gasteiger partial charge on any atom is -0.482 e. The van der Waals surface area contributed by atoms with Crippen LogP contribution in [0.5, 0.6) is 5.75 Å². The van der Waals surface area contributed by atoms with E-state index in [2.05, 4.69) is 26.3 Å². The summed E-state index contributed by atoms with van der Waals surface area (Å²) in [5.74, 6) is 0.397. The highest BCUT2D eigenvalue weighted by Gasteiger charge is 2.18. The summed E-state index contributed by atoms with van der Waals surface area (Å²) in [4.78, 5) is 30.9. The average Bonchev–Trinajstić information content (AvgIpc) is 3.40. The molecule has 4 aromatic carbocycles. The quantitative estimate of drug-likeness (QED) is 0.169. The summed E-state index contributed by atoms with van der Waals surface area (Å²) in [6.45, 7) is -0.312. The molecule has 0 saturated heterocycles. The Bertz CT molecular complexity index is 2110. The maximum atomic E-state index is 13.7. The van der Waals surface area contributed by atoms with Gasteiger partial charge >= 0.3 is 0 Å². The van der Waals surface area contributed by atoms with Gasteiger partial charge in [0, 0.05) is 31.7 Å². The van der Waals surface area contributed by atoms with Crippen molar-refractivity contribution in [2.45, 2.75) is 0 Å². The maximum Gasteiger partial charge on any atom is 0.282 e. The van der Waals surface area contributed by atoms with Gasteiger partial charge in [0.05, 0.1) is 21.6 Å². The van der Waals surface area contributed by atoms with E-state index in [1.54, 1.807) is 84.9 Å². The Hall–Kier alpha value is -4.15. The van der Waals surface area contributed by atoms with Gasteiger partial charge in [0.15, 0.2) is 12.4 Å². The van der Waals surface area contributed by atoms with Crippen molar-refractivity contribution in [3.63, 3.8) is 0 Å². The van der Waals surface area contributed by atoms with Gasteiger partial charge < -0.3 is 14.5 Å². The summed E-state index contributed by atoms with van der Waals surface area (Å²) in [5, 5.41) is 9.82. The lowest BCUT2D eigenvalue weighted by molar-refractivity contribution is -0.118. The Morgan fingerprint density at radius 3 is 2.56 bits per heavy atom. The van der Waals surface area contributed by atoms with Crippen LogP contribution in [0.4, 0.5) is 5.69 Å². The van der Waals surface area contributed by atoms with Crippen LogP contribution in [-0.4, -0.2) is 28.4 Å². The van der Waals surface area contributed by atoms with Gasteiger partial charge in [0.25, 0.3) is 11.5 Å². The SMILES string of the molecule is O=C(COc1c(Br)cc(Cl)cc1C=Nn1c(-c2cc3cc(Cl)ccc3o2)nc2ccccc2c1=O)Nc1ccc(Cl)cc1. The topological polar surface area (TPSA) is 98.7 Å². The molecule has 8 nitrogen and oxygen atoms in total. The van der Waals surface area contributed by atoms with E-state index in [1.165, 1.54) is 6.21 Å². The van der Waals surface area contributed by atoms with Crippen molar-refractivity contribution in [3.05, 3.63) is 120 Å². The third-order valence-electron chi connectivity index (χ3n) is 6.28. The Labute approximate surface area is 267 Å².